The molecule has 1 rings (SSSR count). The highest BCUT2D eigenvalue weighted by molar-refractivity contribution is 5.77. The molecular formula is C13H19NO2. The molecule has 0 atom stereocenters. The standard InChI is InChI=1S/C13H19NO2/c1-10(2)16-13-6-4-12(5-7-13)9-14-8-11(3)15/h4-7,10,14H,8-9H2,1-3H3. The van der Waals surface area contributed by atoms with E-state index in [0.717, 1.165) is 11.3 Å². The van der Waals surface area contributed by atoms with Crippen LogP contribution in [-0.4, -0.2) is 18.4 Å². The van der Waals surface area contributed by atoms with Crippen LogP contribution in [0.2, 0.25) is 0 Å². The summed E-state index contributed by atoms with van der Waals surface area (Å²) in [5, 5.41) is 3.07. The lowest BCUT2D eigenvalue weighted by molar-refractivity contribution is -0.116. The van der Waals surface area contributed by atoms with Gasteiger partial charge in [0.2, 0.25) is 0 Å². The first-order valence-corrected chi connectivity index (χ1v) is 5.53. The number of hydrogen-bond donors (Lipinski definition) is 1. The van der Waals surface area contributed by atoms with Gasteiger partial charge >= 0.3 is 0 Å². The summed E-state index contributed by atoms with van der Waals surface area (Å²) in [6.45, 7) is 6.71. The van der Waals surface area contributed by atoms with Crippen LogP contribution in [0.25, 0.3) is 0 Å². The minimum absolute atomic E-state index is 0.153. The molecule has 1 N–H and O–H groups in total. The third-order valence-corrected chi connectivity index (χ3v) is 2.00. The number of carbonyl (C=O) groups is 1. The molecule has 0 saturated heterocycles. The largest absolute Gasteiger partial charge is 0.491 e. The number of ether oxygens (including phenoxy) is 1. The molecule has 0 spiro atoms. The van der Waals surface area contributed by atoms with Crippen LogP contribution in [0.3, 0.4) is 0 Å². The minimum atomic E-state index is 0.153. The molecule has 0 aliphatic carbocycles. The lowest BCUT2D eigenvalue weighted by Gasteiger charge is -2.10. The van der Waals surface area contributed by atoms with Gasteiger partial charge in [-0.15, -0.1) is 0 Å². The van der Waals surface area contributed by atoms with Gasteiger partial charge in [-0.25, -0.2) is 0 Å². The molecule has 0 aliphatic heterocycles. The van der Waals surface area contributed by atoms with E-state index in [1.54, 1.807) is 6.92 Å². The third kappa shape index (κ3) is 4.94. The second kappa shape index (κ2) is 6.28. The minimum Gasteiger partial charge on any atom is -0.491 e. The van der Waals surface area contributed by atoms with E-state index in [2.05, 4.69) is 5.32 Å². The first-order valence-electron chi connectivity index (χ1n) is 5.53. The van der Waals surface area contributed by atoms with Crippen molar-refractivity contribution < 1.29 is 9.53 Å². The Morgan fingerprint density at radius 3 is 2.44 bits per heavy atom. The van der Waals surface area contributed by atoms with Crippen molar-refractivity contribution in [2.45, 2.75) is 33.4 Å². The molecule has 16 heavy (non-hydrogen) atoms. The van der Waals surface area contributed by atoms with E-state index in [-0.39, 0.29) is 11.9 Å². The zero-order valence-corrected chi connectivity index (χ0v) is 10.1. The van der Waals surface area contributed by atoms with Crippen LogP contribution in [0.1, 0.15) is 26.3 Å². The Morgan fingerprint density at radius 1 is 1.31 bits per heavy atom. The fraction of sp³-hybridized carbons (Fsp3) is 0.462. The summed E-state index contributed by atoms with van der Waals surface area (Å²) in [6.07, 6.45) is 0.196. The highest BCUT2D eigenvalue weighted by atomic mass is 16.5. The predicted octanol–water partition coefficient (Wildman–Crippen LogP) is 2.15. The predicted molar refractivity (Wildman–Crippen MR) is 64.6 cm³/mol. The molecule has 0 fully saturated rings. The lowest BCUT2D eigenvalue weighted by atomic mass is 10.2. The van der Waals surface area contributed by atoms with E-state index in [0.29, 0.717) is 13.1 Å². The van der Waals surface area contributed by atoms with Crippen molar-refractivity contribution in [1.29, 1.82) is 0 Å². The SMILES string of the molecule is CC(=O)CNCc1ccc(OC(C)C)cc1. The Balaban J connectivity index is 2.42. The number of nitrogens with one attached hydrogen (secondary N) is 1. The second-order valence-corrected chi connectivity index (χ2v) is 4.12. The van der Waals surface area contributed by atoms with Gasteiger partial charge in [-0.3, -0.25) is 4.79 Å². The van der Waals surface area contributed by atoms with Gasteiger partial charge in [0.15, 0.2) is 0 Å². The maximum absolute atomic E-state index is 10.7. The summed E-state index contributed by atoms with van der Waals surface area (Å²) in [5.74, 6) is 1.03. The molecule has 1 aromatic carbocycles. The van der Waals surface area contributed by atoms with Gasteiger partial charge < -0.3 is 10.1 Å². The van der Waals surface area contributed by atoms with Crippen molar-refractivity contribution in [1.82, 2.24) is 5.32 Å². The summed E-state index contributed by atoms with van der Waals surface area (Å²) in [5.41, 5.74) is 1.15. The molecule has 0 aliphatic rings. The maximum Gasteiger partial charge on any atom is 0.143 e. The molecule has 0 aromatic heterocycles. The summed E-state index contributed by atoms with van der Waals surface area (Å²) >= 11 is 0. The molecule has 88 valence electrons. The van der Waals surface area contributed by atoms with Gasteiger partial charge in [0.25, 0.3) is 0 Å². The Labute approximate surface area is 96.8 Å². The van der Waals surface area contributed by atoms with Gasteiger partial charge in [-0.1, -0.05) is 12.1 Å². The van der Waals surface area contributed by atoms with Crippen LogP contribution in [-0.2, 0) is 11.3 Å². The molecule has 3 heteroatoms. The third-order valence-electron chi connectivity index (χ3n) is 2.00. The van der Waals surface area contributed by atoms with Crippen molar-refractivity contribution in [3.8, 4) is 5.75 Å². The molecule has 0 bridgehead atoms. The van der Waals surface area contributed by atoms with E-state index in [1.165, 1.54) is 0 Å². The van der Waals surface area contributed by atoms with Crippen LogP contribution >= 0.6 is 0 Å². The Kier molecular flexibility index (Phi) is 4.99. The van der Waals surface area contributed by atoms with Crippen molar-refractivity contribution in [2.24, 2.45) is 0 Å². The molecular weight excluding hydrogens is 202 g/mol. The number of carbonyl (C=O) groups excluding carboxylic acids is 1. The van der Waals surface area contributed by atoms with Crippen molar-refractivity contribution in [3.63, 3.8) is 0 Å². The average Bonchev–Trinajstić information content (AvgIpc) is 2.19. The van der Waals surface area contributed by atoms with Crippen LogP contribution < -0.4 is 10.1 Å². The monoisotopic (exact) mass is 221 g/mol. The first-order chi connectivity index (χ1) is 7.58. The van der Waals surface area contributed by atoms with Crippen molar-refractivity contribution in [2.75, 3.05) is 6.54 Å². The van der Waals surface area contributed by atoms with Gasteiger partial charge in [0.1, 0.15) is 11.5 Å². The summed E-state index contributed by atoms with van der Waals surface area (Å²) < 4.78 is 5.54. The first kappa shape index (κ1) is 12.7. The van der Waals surface area contributed by atoms with Crippen molar-refractivity contribution >= 4 is 5.78 Å². The Bertz CT molecular complexity index is 330. The summed E-state index contributed by atoms with van der Waals surface area (Å²) in [7, 11) is 0. The Hall–Kier alpha value is -1.35. The topological polar surface area (TPSA) is 38.3 Å². The number of hydrogen-bond acceptors (Lipinski definition) is 3. The van der Waals surface area contributed by atoms with Crippen LogP contribution in [0.4, 0.5) is 0 Å². The van der Waals surface area contributed by atoms with Crippen LogP contribution in [0.5, 0.6) is 5.75 Å². The highest BCUT2D eigenvalue weighted by Gasteiger charge is 1.98. The Morgan fingerprint density at radius 2 is 1.94 bits per heavy atom. The average molecular weight is 221 g/mol. The molecule has 0 radical (unpaired) electrons. The van der Waals surface area contributed by atoms with E-state index in [1.807, 2.05) is 38.1 Å². The summed E-state index contributed by atoms with van der Waals surface area (Å²) in [6, 6.07) is 7.91. The van der Waals surface area contributed by atoms with Crippen molar-refractivity contribution in [3.05, 3.63) is 29.8 Å². The lowest BCUT2D eigenvalue weighted by Crippen LogP contribution is -2.20. The molecule has 1 aromatic rings. The molecule has 0 unspecified atom stereocenters. The van der Waals surface area contributed by atoms with E-state index in [4.69, 9.17) is 4.74 Å². The highest BCUT2D eigenvalue weighted by Crippen LogP contribution is 2.13. The number of Topliss-reactive ketones (excluding diaryl/α,β-unsaturated/α-hetero) is 1. The van der Waals surface area contributed by atoms with Gasteiger partial charge in [0, 0.05) is 6.54 Å². The molecule has 0 amide bonds. The van der Waals surface area contributed by atoms with E-state index in [9.17, 15) is 4.79 Å². The number of ketones is 1. The summed E-state index contributed by atoms with van der Waals surface area (Å²) in [4.78, 5) is 10.7. The molecule has 0 saturated carbocycles. The number of rotatable bonds is 6. The smallest absolute Gasteiger partial charge is 0.143 e. The zero-order chi connectivity index (χ0) is 12.0. The van der Waals surface area contributed by atoms with Gasteiger partial charge in [-0.05, 0) is 38.5 Å². The zero-order valence-electron chi connectivity index (χ0n) is 10.1. The fourth-order valence-corrected chi connectivity index (χ4v) is 1.34. The number of benzene rings is 1. The maximum atomic E-state index is 10.7. The van der Waals surface area contributed by atoms with Crippen LogP contribution in [0.15, 0.2) is 24.3 Å². The van der Waals surface area contributed by atoms with E-state index >= 15 is 0 Å². The molecule has 0 heterocycles. The van der Waals surface area contributed by atoms with Gasteiger partial charge in [0.05, 0.1) is 12.6 Å². The van der Waals surface area contributed by atoms with E-state index < -0.39 is 0 Å². The van der Waals surface area contributed by atoms with Gasteiger partial charge in [-0.2, -0.15) is 0 Å². The quantitative estimate of drug-likeness (QED) is 0.800. The molecule has 3 nitrogen and oxygen atoms in total. The van der Waals surface area contributed by atoms with Crippen LogP contribution in [0, 0.1) is 0 Å². The second-order valence-electron chi connectivity index (χ2n) is 4.12. The normalized spacial score (nSPS) is 10.5. The fourth-order valence-electron chi connectivity index (χ4n) is 1.34.